The summed E-state index contributed by atoms with van der Waals surface area (Å²) in [6.07, 6.45) is 4.44. The maximum Gasteiger partial charge on any atom is 0.251 e. The maximum atomic E-state index is 12.7. The van der Waals surface area contributed by atoms with E-state index in [0.29, 0.717) is 25.6 Å². The van der Waals surface area contributed by atoms with Gasteiger partial charge in [-0.15, -0.1) is 0 Å². The van der Waals surface area contributed by atoms with Crippen LogP contribution >= 0.6 is 0 Å². The number of H-pyrrole nitrogens is 1. The fourth-order valence-corrected chi connectivity index (χ4v) is 4.83. The highest BCUT2D eigenvalue weighted by atomic mass is 16.5. The summed E-state index contributed by atoms with van der Waals surface area (Å²) in [6.45, 7) is 4.98. The number of carbonyl (C=O) groups excluding carboxylic acids is 2. The summed E-state index contributed by atoms with van der Waals surface area (Å²) in [6, 6.07) is 1.60. The van der Waals surface area contributed by atoms with E-state index in [1.165, 1.54) is 7.11 Å². The van der Waals surface area contributed by atoms with Crippen molar-refractivity contribution in [3.63, 3.8) is 0 Å². The van der Waals surface area contributed by atoms with Crippen LogP contribution in [0, 0.1) is 11.8 Å². The predicted molar refractivity (Wildman–Crippen MR) is 111 cm³/mol. The van der Waals surface area contributed by atoms with E-state index in [9.17, 15) is 14.4 Å². The van der Waals surface area contributed by atoms with Crippen LogP contribution in [-0.4, -0.2) is 71.5 Å². The number of aromatic nitrogens is 2. The second-order valence-corrected chi connectivity index (χ2v) is 9.09. The summed E-state index contributed by atoms with van der Waals surface area (Å²) in [5.41, 5.74) is 0.667. The van der Waals surface area contributed by atoms with E-state index in [0.717, 1.165) is 50.2 Å². The number of likely N-dealkylation sites (tertiary alicyclic amines) is 2. The number of nitrogens with zero attached hydrogens (tertiary/aromatic N) is 3. The molecule has 1 N–H and O–H groups in total. The molecule has 3 atom stereocenters. The third-order valence-corrected chi connectivity index (χ3v) is 6.86. The van der Waals surface area contributed by atoms with Gasteiger partial charge in [0.25, 0.3) is 5.56 Å². The minimum absolute atomic E-state index is 0.00287. The van der Waals surface area contributed by atoms with Gasteiger partial charge in [0.1, 0.15) is 12.4 Å². The van der Waals surface area contributed by atoms with Crippen molar-refractivity contribution >= 4 is 11.8 Å². The third kappa shape index (κ3) is 4.58. The number of piperidine rings is 2. The Kier molecular flexibility index (Phi) is 6.22. The summed E-state index contributed by atoms with van der Waals surface area (Å²) in [7, 11) is 1.52. The van der Waals surface area contributed by atoms with Gasteiger partial charge < -0.3 is 19.5 Å². The Morgan fingerprint density at radius 1 is 1.17 bits per heavy atom. The smallest absolute Gasteiger partial charge is 0.251 e. The number of methoxy groups -OCH3 is 1. The standard InChI is InChI=1S/C22H32N4O4/c1-14-10-17(14)22(29)26-7-3-4-16(12-26)18-11-19(27)24-21(23-18)15-5-8-25(9-6-15)20(28)13-30-2/h11,14-17H,3-10,12-13H2,1-2H3,(H,23,24,27)/t14-,16-,17-/m0/s1. The molecule has 1 aliphatic carbocycles. The van der Waals surface area contributed by atoms with Gasteiger partial charge in [0, 0.05) is 57.1 Å². The molecule has 1 aromatic rings. The SMILES string of the molecule is COCC(=O)N1CCC(c2nc([C@H]3CCCN(C(=O)[C@H]4C[C@@H]4C)C3)cc(=O)[nH]2)CC1. The molecular formula is C22H32N4O4. The van der Waals surface area contributed by atoms with Crippen LogP contribution in [0.3, 0.4) is 0 Å². The normalized spacial score (nSPS) is 27.2. The van der Waals surface area contributed by atoms with E-state index in [4.69, 9.17) is 9.72 Å². The van der Waals surface area contributed by atoms with Crippen molar-refractivity contribution in [2.75, 3.05) is 39.9 Å². The van der Waals surface area contributed by atoms with Gasteiger partial charge in [-0.3, -0.25) is 14.4 Å². The van der Waals surface area contributed by atoms with Crippen molar-refractivity contribution in [1.29, 1.82) is 0 Å². The van der Waals surface area contributed by atoms with E-state index >= 15 is 0 Å². The minimum Gasteiger partial charge on any atom is -0.375 e. The van der Waals surface area contributed by atoms with Crippen molar-refractivity contribution in [2.24, 2.45) is 11.8 Å². The molecule has 8 heteroatoms. The average Bonchev–Trinajstić information content (AvgIpc) is 3.49. The lowest BCUT2D eigenvalue weighted by molar-refractivity contribution is -0.136. The summed E-state index contributed by atoms with van der Waals surface area (Å²) < 4.78 is 4.94. The highest BCUT2D eigenvalue weighted by Gasteiger charge is 2.42. The number of ether oxygens (including phenoxy) is 1. The van der Waals surface area contributed by atoms with Crippen molar-refractivity contribution < 1.29 is 14.3 Å². The van der Waals surface area contributed by atoms with Crippen LogP contribution in [0.4, 0.5) is 0 Å². The van der Waals surface area contributed by atoms with Gasteiger partial charge >= 0.3 is 0 Å². The first-order chi connectivity index (χ1) is 14.5. The largest absolute Gasteiger partial charge is 0.375 e. The van der Waals surface area contributed by atoms with Crippen molar-refractivity contribution in [3.05, 3.63) is 27.9 Å². The topological polar surface area (TPSA) is 95.6 Å². The summed E-state index contributed by atoms with van der Waals surface area (Å²) in [4.78, 5) is 48.6. The zero-order valence-electron chi connectivity index (χ0n) is 17.9. The molecule has 30 heavy (non-hydrogen) atoms. The van der Waals surface area contributed by atoms with Crippen molar-refractivity contribution in [2.45, 2.75) is 50.9 Å². The lowest BCUT2D eigenvalue weighted by atomic mass is 9.92. The first kappa shape index (κ1) is 21.0. The van der Waals surface area contributed by atoms with Crippen LogP contribution in [0.15, 0.2) is 10.9 Å². The van der Waals surface area contributed by atoms with E-state index in [-0.39, 0.29) is 41.7 Å². The van der Waals surface area contributed by atoms with Crippen LogP contribution < -0.4 is 5.56 Å². The van der Waals surface area contributed by atoms with Gasteiger partial charge in [0.15, 0.2) is 0 Å². The fraction of sp³-hybridized carbons (Fsp3) is 0.727. The number of hydrogen-bond donors (Lipinski definition) is 1. The van der Waals surface area contributed by atoms with E-state index in [1.54, 1.807) is 6.07 Å². The number of hydrogen-bond acceptors (Lipinski definition) is 5. The zero-order chi connectivity index (χ0) is 21.3. The highest BCUT2D eigenvalue weighted by molar-refractivity contribution is 5.81. The Labute approximate surface area is 177 Å². The molecule has 1 saturated carbocycles. The molecule has 2 amide bonds. The van der Waals surface area contributed by atoms with E-state index in [1.807, 2.05) is 9.80 Å². The molecule has 1 aromatic heterocycles. The van der Waals surface area contributed by atoms with Gasteiger partial charge in [-0.2, -0.15) is 0 Å². The molecule has 0 unspecified atom stereocenters. The van der Waals surface area contributed by atoms with Crippen molar-refractivity contribution in [3.8, 4) is 0 Å². The fourth-order valence-electron chi connectivity index (χ4n) is 4.83. The van der Waals surface area contributed by atoms with Crippen LogP contribution in [0.25, 0.3) is 0 Å². The van der Waals surface area contributed by atoms with Gasteiger partial charge in [-0.1, -0.05) is 6.92 Å². The first-order valence-electron chi connectivity index (χ1n) is 11.1. The van der Waals surface area contributed by atoms with E-state index < -0.39 is 0 Å². The summed E-state index contributed by atoms with van der Waals surface area (Å²) >= 11 is 0. The van der Waals surface area contributed by atoms with Crippen LogP contribution in [-0.2, 0) is 14.3 Å². The molecule has 4 rings (SSSR count). The number of aromatic amines is 1. The highest BCUT2D eigenvalue weighted by Crippen LogP contribution is 2.40. The maximum absolute atomic E-state index is 12.7. The molecule has 0 radical (unpaired) electrons. The Bertz CT molecular complexity index is 846. The van der Waals surface area contributed by atoms with Crippen LogP contribution in [0.5, 0.6) is 0 Å². The molecule has 0 aromatic carbocycles. The predicted octanol–water partition coefficient (Wildman–Crippen LogP) is 1.48. The number of amides is 2. The summed E-state index contributed by atoms with van der Waals surface area (Å²) in [5, 5.41) is 0. The zero-order valence-corrected chi connectivity index (χ0v) is 17.9. The Morgan fingerprint density at radius 3 is 2.57 bits per heavy atom. The van der Waals surface area contributed by atoms with Gasteiger partial charge in [0.05, 0.1) is 5.69 Å². The number of nitrogens with one attached hydrogen (secondary N) is 1. The summed E-state index contributed by atoms with van der Waals surface area (Å²) in [5.74, 6) is 1.93. The third-order valence-electron chi connectivity index (χ3n) is 6.86. The molecule has 164 valence electrons. The molecule has 0 bridgehead atoms. The molecule has 3 fully saturated rings. The number of carbonyl (C=O) groups is 2. The molecule has 0 spiro atoms. The average molecular weight is 417 g/mol. The Balaban J connectivity index is 1.43. The van der Waals surface area contributed by atoms with Crippen LogP contribution in [0.2, 0.25) is 0 Å². The second-order valence-electron chi connectivity index (χ2n) is 9.09. The minimum atomic E-state index is -0.132. The van der Waals surface area contributed by atoms with Gasteiger partial charge in [-0.25, -0.2) is 4.98 Å². The molecule has 2 aliphatic heterocycles. The van der Waals surface area contributed by atoms with Gasteiger partial charge in [-0.05, 0) is 38.0 Å². The molecule has 3 heterocycles. The molecular weight excluding hydrogens is 384 g/mol. The quantitative estimate of drug-likeness (QED) is 0.785. The monoisotopic (exact) mass is 416 g/mol. The van der Waals surface area contributed by atoms with E-state index in [2.05, 4.69) is 11.9 Å². The number of rotatable bonds is 5. The molecule has 8 nitrogen and oxygen atoms in total. The Hall–Kier alpha value is -2.22. The molecule has 2 saturated heterocycles. The Morgan fingerprint density at radius 2 is 1.90 bits per heavy atom. The molecule has 3 aliphatic rings. The van der Waals surface area contributed by atoms with Gasteiger partial charge in [0.2, 0.25) is 11.8 Å². The van der Waals surface area contributed by atoms with Crippen molar-refractivity contribution in [1.82, 2.24) is 19.8 Å². The lowest BCUT2D eigenvalue weighted by Crippen LogP contribution is -2.41. The first-order valence-corrected chi connectivity index (χ1v) is 11.1. The van der Waals surface area contributed by atoms with Crippen LogP contribution in [0.1, 0.15) is 62.4 Å². The second kappa shape index (κ2) is 8.88. The lowest BCUT2D eigenvalue weighted by Gasteiger charge is -2.34.